The topological polar surface area (TPSA) is 43.8 Å². The quantitative estimate of drug-likeness (QED) is 0.899. The fourth-order valence-corrected chi connectivity index (χ4v) is 4.14. The predicted octanol–water partition coefficient (Wildman–Crippen LogP) is 4.26. The van der Waals surface area contributed by atoms with E-state index < -0.39 is 0 Å². The smallest absolute Gasteiger partial charge is 0.0649 e. The Bertz CT molecular complexity index is 635. The van der Waals surface area contributed by atoms with E-state index in [2.05, 4.69) is 34.0 Å². The van der Waals surface area contributed by atoms with Gasteiger partial charge in [0.05, 0.1) is 11.9 Å². The van der Waals surface area contributed by atoms with Crippen molar-refractivity contribution in [3.05, 3.63) is 47.3 Å². The standard InChI is InChI=1S/C19H25N3/c20-18-7-4-8-19-17(18)13-21-22(19)16-11-9-15(10-12-16)14-5-2-1-3-6-14/h9-14,18H,1-8,20H2. The van der Waals surface area contributed by atoms with Crippen LogP contribution >= 0.6 is 0 Å². The highest BCUT2D eigenvalue weighted by molar-refractivity contribution is 5.39. The number of nitrogens with two attached hydrogens (primary N) is 1. The Kier molecular flexibility index (Phi) is 3.75. The molecule has 0 saturated heterocycles. The van der Waals surface area contributed by atoms with Gasteiger partial charge in [0.2, 0.25) is 0 Å². The van der Waals surface area contributed by atoms with Crippen LogP contribution < -0.4 is 5.73 Å². The lowest BCUT2D eigenvalue weighted by Crippen LogP contribution is -2.18. The molecule has 4 rings (SSSR count). The summed E-state index contributed by atoms with van der Waals surface area (Å²) in [5.41, 5.74) is 11.4. The van der Waals surface area contributed by atoms with Crippen molar-refractivity contribution in [1.29, 1.82) is 0 Å². The first-order valence-electron chi connectivity index (χ1n) is 8.75. The molecule has 116 valence electrons. The lowest BCUT2D eigenvalue weighted by Gasteiger charge is -2.22. The van der Waals surface area contributed by atoms with E-state index in [0.717, 1.165) is 18.8 Å². The second kappa shape index (κ2) is 5.88. The summed E-state index contributed by atoms with van der Waals surface area (Å²) >= 11 is 0. The zero-order chi connectivity index (χ0) is 14.9. The van der Waals surface area contributed by atoms with Crippen LogP contribution in [0.2, 0.25) is 0 Å². The van der Waals surface area contributed by atoms with E-state index >= 15 is 0 Å². The Hall–Kier alpha value is -1.61. The molecular formula is C19H25N3. The maximum Gasteiger partial charge on any atom is 0.0649 e. The Morgan fingerprint density at radius 1 is 0.955 bits per heavy atom. The maximum atomic E-state index is 6.21. The van der Waals surface area contributed by atoms with Gasteiger partial charge in [-0.3, -0.25) is 0 Å². The van der Waals surface area contributed by atoms with Crippen molar-refractivity contribution in [2.45, 2.75) is 63.3 Å². The number of fused-ring (bicyclic) bond motifs is 1. The van der Waals surface area contributed by atoms with Crippen LogP contribution in [0.3, 0.4) is 0 Å². The van der Waals surface area contributed by atoms with Gasteiger partial charge in [-0.25, -0.2) is 4.68 Å². The number of rotatable bonds is 2. The van der Waals surface area contributed by atoms with E-state index in [1.807, 2.05) is 6.20 Å². The monoisotopic (exact) mass is 295 g/mol. The average molecular weight is 295 g/mol. The SMILES string of the molecule is NC1CCCc2c1cnn2-c1ccc(C2CCCCC2)cc1. The number of benzene rings is 1. The first-order chi connectivity index (χ1) is 10.8. The molecule has 2 aliphatic carbocycles. The first kappa shape index (κ1) is 14.0. The van der Waals surface area contributed by atoms with E-state index in [1.165, 1.54) is 61.0 Å². The first-order valence-corrected chi connectivity index (χ1v) is 8.75. The second-order valence-electron chi connectivity index (χ2n) is 6.88. The van der Waals surface area contributed by atoms with Crippen LogP contribution in [0.4, 0.5) is 0 Å². The molecule has 0 aliphatic heterocycles. The van der Waals surface area contributed by atoms with Gasteiger partial charge >= 0.3 is 0 Å². The summed E-state index contributed by atoms with van der Waals surface area (Å²) in [7, 11) is 0. The summed E-state index contributed by atoms with van der Waals surface area (Å²) < 4.78 is 2.10. The number of nitrogens with zero attached hydrogens (tertiary/aromatic N) is 2. The molecule has 0 spiro atoms. The summed E-state index contributed by atoms with van der Waals surface area (Å²) in [4.78, 5) is 0. The van der Waals surface area contributed by atoms with Crippen molar-refractivity contribution in [2.24, 2.45) is 5.73 Å². The molecule has 2 aliphatic rings. The Morgan fingerprint density at radius 2 is 1.73 bits per heavy atom. The van der Waals surface area contributed by atoms with E-state index in [9.17, 15) is 0 Å². The minimum absolute atomic E-state index is 0.166. The molecule has 1 fully saturated rings. The molecule has 0 bridgehead atoms. The second-order valence-corrected chi connectivity index (χ2v) is 6.88. The molecule has 0 amide bonds. The van der Waals surface area contributed by atoms with Gasteiger partial charge in [-0.05, 0) is 55.7 Å². The van der Waals surface area contributed by atoms with Gasteiger partial charge < -0.3 is 5.73 Å². The van der Waals surface area contributed by atoms with Gasteiger partial charge in [-0.1, -0.05) is 31.4 Å². The molecule has 2 N–H and O–H groups in total. The highest BCUT2D eigenvalue weighted by Crippen LogP contribution is 2.33. The number of aromatic nitrogens is 2. The van der Waals surface area contributed by atoms with E-state index in [0.29, 0.717) is 0 Å². The van der Waals surface area contributed by atoms with Crippen molar-refractivity contribution in [3.63, 3.8) is 0 Å². The van der Waals surface area contributed by atoms with Gasteiger partial charge in [-0.2, -0.15) is 5.10 Å². The van der Waals surface area contributed by atoms with E-state index in [-0.39, 0.29) is 6.04 Å². The van der Waals surface area contributed by atoms with Crippen molar-refractivity contribution >= 4 is 0 Å². The van der Waals surface area contributed by atoms with Crippen LogP contribution in [-0.2, 0) is 6.42 Å². The molecule has 1 heterocycles. The molecule has 1 saturated carbocycles. The molecule has 1 aromatic heterocycles. The van der Waals surface area contributed by atoms with Crippen LogP contribution in [0.25, 0.3) is 5.69 Å². The van der Waals surface area contributed by atoms with Crippen LogP contribution in [0.5, 0.6) is 0 Å². The van der Waals surface area contributed by atoms with Crippen LogP contribution in [0.1, 0.15) is 73.7 Å². The molecule has 1 aromatic carbocycles. The Labute approximate surface area is 132 Å². The van der Waals surface area contributed by atoms with Gasteiger partial charge in [0.15, 0.2) is 0 Å². The zero-order valence-electron chi connectivity index (χ0n) is 13.2. The van der Waals surface area contributed by atoms with Crippen LogP contribution in [0.15, 0.2) is 30.5 Å². The summed E-state index contributed by atoms with van der Waals surface area (Å²) in [5.74, 6) is 0.766. The van der Waals surface area contributed by atoms with Gasteiger partial charge in [0.25, 0.3) is 0 Å². The van der Waals surface area contributed by atoms with Crippen molar-refractivity contribution in [1.82, 2.24) is 9.78 Å². The van der Waals surface area contributed by atoms with E-state index in [1.54, 1.807) is 0 Å². The summed E-state index contributed by atoms with van der Waals surface area (Å²) in [5, 5.41) is 4.60. The minimum atomic E-state index is 0.166. The lowest BCUT2D eigenvalue weighted by molar-refractivity contribution is 0.443. The number of hydrogen-bond acceptors (Lipinski definition) is 2. The van der Waals surface area contributed by atoms with Gasteiger partial charge in [-0.15, -0.1) is 0 Å². The highest BCUT2D eigenvalue weighted by Gasteiger charge is 2.22. The van der Waals surface area contributed by atoms with Gasteiger partial charge in [0.1, 0.15) is 0 Å². The third-order valence-corrected chi connectivity index (χ3v) is 5.44. The van der Waals surface area contributed by atoms with Crippen LogP contribution in [0, 0.1) is 0 Å². The fourth-order valence-electron chi connectivity index (χ4n) is 4.14. The van der Waals surface area contributed by atoms with E-state index in [4.69, 9.17) is 5.73 Å². The molecule has 3 heteroatoms. The van der Waals surface area contributed by atoms with Crippen LogP contribution in [-0.4, -0.2) is 9.78 Å². The third-order valence-electron chi connectivity index (χ3n) is 5.44. The van der Waals surface area contributed by atoms with Crippen molar-refractivity contribution in [3.8, 4) is 5.69 Å². The largest absolute Gasteiger partial charge is 0.324 e. The summed E-state index contributed by atoms with van der Waals surface area (Å²) in [6.07, 6.45) is 12.2. The Balaban J connectivity index is 1.61. The highest BCUT2D eigenvalue weighted by atomic mass is 15.3. The molecule has 0 radical (unpaired) electrons. The lowest BCUT2D eigenvalue weighted by atomic mass is 9.84. The van der Waals surface area contributed by atoms with Crippen molar-refractivity contribution < 1.29 is 0 Å². The summed E-state index contributed by atoms with van der Waals surface area (Å²) in [6.45, 7) is 0. The molecular weight excluding hydrogens is 270 g/mol. The normalized spacial score (nSPS) is 22.5. The molecule has 1 atom stereocenters. The zero-order valence-corrected chi connectivity index (χ0v) is 13.2. The molecule has 2 aromatic rings. The average Bonchev–Trinajstić information content (AvgIpc) is 3.01. The van der Waals surface area contributed by atoms with Crippen molar-refractivity contribution in [2.75, 3.05) is 0 Å². The molecule has 1 unspecified atom stereocenters. The Morgan fingerprint density at radius 3 is 2.50 bits per heavy atom. The predicted molar refractivity (Wildman–Crippen MR) is 89.3 cm³/mol. The maximum absolute atomic E-state index is 6.21. The van der Waals surface area contributed by atoms with Gasteiger partial charge in [0, 0.05) is 17.3 Å². The molecule has 3 nitrogen and oxygen atoms in total. The third kappa shape index (κ3) is 2.48. The number of hydrogen-bond donors (Lipinski definition) is 1. The summed E-state index contributed by atoms with van der Waals surface area (Å²) in [6, 6.07) is 9.25. The molecule has 22 heavy (non-hydrogen) atoms. The fraction of sp³-hybridized carbons (Fsp3) is 0.526. The minimum Gasteiger partial charge on any atom is -0.324 e.